The number of aliphatic carboxylic acids is 1. The summed E-state index contributed by atoms with van der Waals surface area (Å²) in [6.45, 7) is 1.01. The van der Waals surface area contributed by atoms with Crippen LogP contribution in [0.5, 0.6) is 0 Å². The van der Waals surface area contributed by atoms with Gasteiger partial charge < -0.3 is 15.2 Å². The van der Waals surface area contributed by atoms with Gasteiger partial charge in [-0.25, -0.2) is 0 Å². The monoisotopic (exact) mass is 532 g/mol. The number of carboxylic acid groups (broad SMARTS) is 1. The third-order valence-electron chi connectivity index (χ3n) is 5.79. The van der Waals surface area contributed by atoms with Crippen LogP contribution in [-0.4, -0.2) is 46.7 Å². The Balaban J connectivity index is 0.00000342. The van der Waals surface area contributed by atoms with Crippen molar-refractivity contribution in [2.75, 3.05) is 13.1 Å². The molecular formula is C27H25ClN3NiO3-. The molecule has 184 valence electrons. The average Bonchev–Trinajstić information content (AvgIpc) is 3.30. The molecule has 1 fully saturated rings. The van der Waals surface area contributed by atoms with Crippen LogP contribution in [0, 0.1) is 0 Å². The molecule has 6 nitrogen and oxygen atoms in total. The van der Waals surface area contributed by atoms with E-state index >= 15 is 0 Å². The van der Waals surface area contributed by atoms with Crippen molar-refractivity contribution in [3.63, 3.8) is 0 Å². The Morgan fingerprint density at radius 3 is 2.43 bits per heavy atom. The third kappa shape index (κ3) is 6.79. The van der Waals surface area contributed by atoms with E-state index in [4.69, 9.17) is 11.6 Å². The fraction of sp³-hybridized carbons (Fsp3) is 0.222. The van der Waals surface area contributed by atoms with Crippen molar-refractivity contribution in [2.24, 2.45) is 4.99 Å². The van der Waals surface area contributed by atoms with E-state index in [0.717, 1.165) is 30.5 Å². The van der Waals surface area contributed by atoms with E-state index in [-0.39, 0.29) is 35.0 Å². The first-order chi connectivity index (χ1) is 16.5. The van der Waals surface area contributed by atoms with Crippen LogP contribution in [0.2, 0.25) is 5.02 Å². The van der Waals surface area contributed by atoms with Gasteiger partial charge in [0, 0.05) is 33.6 Å². The van der Waals surface area contributed by atoms with Crippen LogP contribution in [-0.2, 0) is 32.6 Å². The van der Waals surface area contributed by atoms with Crippen molar-refractivity contribution < 1.29 is 31.2 Å². The van der Waals surface area contributed by atoms with E-state index in [1.807, 2.05) is 72.8 Å². The number of hydrogen-bond donors (Lipinski definition) is 1. The summed E-state index contributed by atoms with van der Waals surface area (Å²) in [5.74, 6) is -1.25. The van der Waals surface area contributed by atoms with E-state index < -0.39 is 5.97 Å². The van der Waals surface area contributed by atoms with Gasteiger partial charge in [0.15, 0.2) is 0 Å². The SMILES string of the molecule is O=C(O)CN=C(c1ccccc1)c1ccccc1[N-]C(=O)[C@@H]1CCCN1Cc1ccccc1Cl.[Ni]. The second kappa shape index (κ2) is 12.6. The number of para-hydroxylation sites is 1. The van der Waals surface area contributed by atoms with Gasteiger partial charge in [-0.05, 0) is 36.6 Å². The number of nitrogens with zero attached hydrogens (tertiary/aromatic N) is 3. The Hall–Kier alpha value is -2.99. The van der Waals surface area contributed by atoms with Crippen molar-refractivity contribution in [1.82, 2.24) is 4.90 Å². The van der Waals surface area contributed by atoms with Gasteiger partial charge in [-0.15, -0.1) is 5.69 Å². The topological polar surface area (TPSA) is 84.1 Å². The molecule has 1 saturated heterocycles. The normalized spacial score (nSPS) is 15.9. The Labute approximate surface area is 219 Å². The molecule has 1 heterocycles. The molecule has 0 aromatic heterocycles. The zero-order chi connectivity index (χ0) is 23.9. The number of carboxylic acids is 1. The summed E-state index contributed by atoms with van der Waals surface area (Å²) in [6, 6.07) is 23.9. The van der Waals surface area contributed by atoms with Gasteiger partial charge >= 0.3 is 5.97 Å². The zero-order valence-corrected chi connectivity index (χ0v) is 20.7. The van der Waals surface area contributed by atoms with Crippen LogP contribution in [0.3, 0.4) is 0 Å². The molecule has 1 N–H and O–H groups in total. The fourth-order valence-electron chi connectivity index (χ4n) is 4.18. The molecule has 1 aliphatic heterocycles. The van der Waals surface area contributed by atoms with Crippen molar-refractivity contribution in [1.29, 1.82) is 0 Å². The number of benzene rings is 3. The summed E-state index contributed by atoms with van der Waals surface area (Å²) >= 11 is 6.34. The molecule has 4 rings (SSSR count). The maximum Gasteiger partial charge on any atom is 0.325 e. The van der Waals surface area contributed by atoms with Crippen molar-refractivity contribution in [3.05, 3.63) is 106 Å². The molecule has 0 saturated carbocycles. The van der Waals surface area contributed by atoms with E-state index in [1.165, 1.54) is 0 Å². The van der Waals surface area contributed by atoms with Crippen molar-refractivity contribution >= 4 is 34.9 Å². The van der Waals surface area contributed by atoms with Gasteiger partial charge in [-0.1, -0.05) is 84.4 Å². The number of likely N-dealkylation sites (tertiary alicyclic amines) is 1. The van der Waals surface area contributed by atoms with Gasteiger partial charge in [0.05, 0.1) is 17.7 Å². The molecule has 0 aliphatic carbocycles. The summed E-state index contributed by atoms with van der Waals surface area (Å²) < 4.78 is 0. The Kier molecular flexibility index (Phi) is 9.61. The zero-order valence-electron chi connectivity index (χ0n) is 18.9. The Morgan fingerprint density at radius 1 is 1.00 bits per heavy atom. The van der Waals surface area contributed by atoms with Crippen LogP contribution in [0.1, 0.15) is 29.5 Å². The second-order valence-corrected chi connectivity index (χ2v) is 8.52. The van der Waals surface area contributed by atoms with Gasteiger partial charge in [0.2, 0.25) is 0 Å². The first-order valence-electron chi connectivity index (χ1n) is 11.2. The van der Waals surface area contributed by atoms with Crippen LogP contribution in [0.4, 0.5) is 5.69 Å². The van der Waals surface area contributed by atoms with E-state index in [0.29, 0.717) is 28.5 Å². The average molecular weight is 534 g/mol. The molecule has 35 heavy (non-hydrogen) atoms. The molecule has 3 aromatic carbocycles. The maximum absolute atomic E-state index is 13.3. The number of carbonyl (C=O) groups excluding carboxylic acids is 1. The first-order valence-corrected chi connectivity index (χ1v) is 11.5. The number of aliphatic imine (C=N–C) groups is 1. The first kappa shape index (κ1) is 26.6. The molecule has 0 unspecified atom stereocenters. The molecule has 1 aliphatic rings. The van der Waals surface area contributed by atoms with E-state index in [1.54, 1.807) is 6.07 Å². The summed E-state index contributed by atoms with van der Waals surface area (Å²) in [4.78, 5) is 31.0. The molecule has 3 aromatic rings. The van der Waals surface area contributed by atoms with Crippen LogP contribution in [0.15, 0.2) is 83.9 Å². The van der Waals surface area contributed by atoms with Gasteiger partial charge in [0.1, 0.15) is 6.54 Å². The predicted molar refractivity (Wildman–Crippen MR) is 134 cm³/mol. The predicted octanol–water partition coefficient (Wildman–Crippen LogP) is 5.46. The van der Waals surface area contributed by atoms with Crippen LogP contribution >= 0.6 is 11.6 Å². The molecule has 1 amide bonds. The summed E-state index contributed by atoms with van der Waals surface area (Å²) in [5, 5.41) is 14.4. The van der Waals surface area contributed by atoms with E-state index in [9.17, 15) is 14.7 Å². The number of amides is 1. The standard InChI is InChI=1S/C27H26ClN3O3.Ni/c28-22-13-6-4-11-20(22)18-31-16-8-15-24(31)27(34)30-23-14-7-5-12-21(23)26(29-17-25(32)33)19-9-2-1-3-10-19;/h1-7,9-14,24H,8,15-18H2,(H2,29,30,32,33,34);/p-1/t24-;/m0./s1. The number of halogens is 1. The van der Waals surface area contributed by atoms with Gasteiger partial charge in [-0.2, -0.15) is 0 Å². The number of hydrogen-bond acceptors (Lipinski definition) is 4. The quantitative estimate of drug-likeness (QED) is 0.308. The van der Waals surface area contributed by atoms with Gasteiger partial charge in [-0.3, -0.25) is 14.7 Å². The molecule has 0 spiro atoms. The molecule has 0 bridgehead atoms. The third-order valence-corrected chi connectivity index (χ3v) is 6.16. The minimum Gasteiger partial charge on any atom is -0.625 e. The largest absolute Gasteiger partial charge is 0.625 e. The van der Waals surface area contributed by atoms with Gasteiger partial charge in [0.25, 0.3) is 0 Å². The maximum atomic E-state index is 13.3. The van der Waals surface area contributed by atoms with Crippen LogP contribution < -0.4 is 0 Å². The minimum atomic E-state index is -1.03. The fourth-order valence-corrected chi connectivity index (χ4v) is 4.38. The molecule has 1 atom stereocenters. The summed E-state index contributed by atoms with van der Waals surface area (Å²) in [7, 11) is 0. The van der Waals surface area contributed by atoms with Crippen LogP contribution in [0.25, 0.3) is 5.32 Å². The smallest absolute Gasteiger partial charge is 0.325 e. The molecular weight excluding hydrogens is 508 g/mol. The Morgan fingerprint density at radius 2 is 1.69 bits per heavy atom. The molecule has 0 radical (unpaired) electrons. The summed E-state index contributed by atoms with van der Waals surface area (Å²) in [5.41, 5.74) is 3.34. The number of rotatable bonds is 8. The Bertz CT molecular complexity index is 1200. The minimum absolute atomic E-state index is 0. The van der Waals surface area contributed by atoms with E-state index in [2.05, 4.69) is 15.2 Å². The van der Waals surface area contributed by atoms with Crippen molar-refractivity contribution in [2.45, 2.75) is 25.4 Å². The van der Waals surface area contributed by atoms with Crippen molar-refractivity contribution in [3.8, 4) is 0 Å². The second-order valence-electron chi connectivity index (χ2n) is 8.11. The molecule has 8 heteroatoms. The number of carbonyl (C=O) groups is 2. The summed E-state index contributed by atoms with van der Waals surface area (Å²) in [6.07, 6.45) is 1.64.